The normalized spacial score (nSPS) is 21.0. The van der Waals surface area contributed by atoms with Crippen molar-refractivity contribution >= 4 is 5.91 Å². The average molecular weight is 330 g/mol. The second-order valence-corrected chi connectivity index (χ2v) is 6.47. The van der Waals surface area contributed by atoms with Gasteiger partial charge in [-0.2, -0.15) is 5.26 Å². The highest BCUT2D eigenvalue weighted by Crippen LogP contribution is 2.18. The van der Waals surface area contributed by atoms with E-state index in [0.717, 1.165) is 25.1 Å². The first-order valence-corrected chi connectivity index (χ1v) is 8.19. The standard InChI is InChI=1S/C18H26N4O2/c1-21(11-16-8-17(24-3)12-22(16)2)13-18(23)20-10-15-6-4-14(9-19)5-7-15/h4-7,16-17H,8,10-13H2,1-3H3,(H,20,23)/t16-,17-/m0/s1. The van der Waals surface area contributed by atoms with E-state index in [-0.39, 0.29) is 5.91 Å². The fourth-order valence-corrected chi connectivity index (χ4v) is 3.04. The van der Waals surface area contributed by atoms with Gasteiger partial charge in [-0.3, -0.25) is 14.6 Å². The van der Waals surface area contributed by atoms with Gasteiger partial charge in [0, 0.05) is 32.8 Å². The van der Waals surface area contributed by atoms with Crippen molar-refractivity contribution in [2.75, 3.05) is 40.8 Å². The molecule has 1 aliphatic heterocycles. The van der Waals surface area contributed by atoms with Crippen molar-refractivity contribution in [3.8, 4) is 6.07 Å². The second kappa shape index (κ2) is 8.78. The maximum Gasteiger partial charge on any atom is 0.234 e. The van der Waals surface area contributed by atoms with Gasteiger partial charge in [-0.05, 0) is 38.2 Å². The lowest BCUT2D eigenvalue weighted by atomic mass is 10.1. The van der Waals surface area contributed by atoms with E-state index in [4.69, 9.17) is 10.00 Å². The molecule has 0 aromatic heterocycles. The Kier molecular flexibility index (Phi) is 6.73. The largest absolute Gasteiger partial charge is 0.380 e. The predicted molar refractivity (Wildman–Crippen MR) is 92.3 cm³/mol. The monoisotopic (exact) mass is 330 g/mol. The number of nitriles is 1. The number of carbonyl (C=O) groups excluding carboxylic acids is 1. The molecule has 0 bridgehead atoms. The molecule has 1 aliphatic rings. The molecule has 6 heteroatoms. The molecule has 1 aromatic rings. The number of likely N-dealkylation sites (tertiary alicyclic amines) is 1. The molecule has 1 saturated heterocycles. The maximum absolute atomic E-state index is 12.1. The van der Waals surface area contributed by atoms with Gasteiger partial charge < -0.3 is 10.1 Å². The summed E-state index contributed by atoms with van der Waals surface area (Å²) in [6, 6.07) is 9.75. The highest BCUT2D eigenvalue weighted by molar-refractivity contribution is 5.77. The Hall–Kier alpha value is -1.94. The highest BCUT2D eigenvalue weighted by atomic mass is 16.5. The topological polar surface area (TPSA) is 68.6 Å². The van der Waals surface area contributed by atoms with Crippen LogP contribution in [0.3, 0.4) is 0 Å². The molecule has 1 heterocycles. The molecule has 1 N–H and O–H groups in total. The number of hydrogen-bond acceptors (Lipinski definition) is 5. The number of methoxy groups -OCH3 is 1. The van der Waals surface area contributed by atoms with Gasteiger partial charge in [0.15, 0.2) is 0 Å². The van der Waals surface area contributed by atoms with Crippen LogP contribution in [0.15, 0.2) is 24.3 Å². The number of amides is 1. The molecule has 1 aromatic carbocycles. The Morgan fingerprint density at radius 1 is 1.46 bits per heavy atom. The van der Waals surface area contributed by atoms with Crippen molar-refractivity contribution in [3.05, 3.63) is 35.4 Å². The molecule has 1 fully saturated rings. The van der Waals surface area contributed by atoms with Crippen LogP contribution in [0.25, 0.3) is 0 Å². The molecule has 0 radical (unpaired) electrons. The first kappa shape index (κ1) is 18.4. The van der Waals surface area contributed by atoms with E-state index in [0.29, 0.717) is 30.8 Å². The molecule has 1 amide bonds. The first-order chi connectivity index (χ1) is 11.5. The van der Waals surface area contributed by atoms with Gasteiger partial charge in [-0.15, -0.1) is 0 Å². The zero-order chi connectivity index (χ0) is 17.5. The molecule has 6 nitrogen and oxygen atoms in total. The van der Waals surface area contributed by atoms with E-state index in [1.807, 2.05) is 24.1 Å². The molecule has 0 saturated carbocycles. The van der Waals surface area contributed by atoms with E-state index in [9.17, 15) is 4.79 Å². The molecule has 24 heavy (non-hydrogen) atoms. The van der Waals surface area contributed by atoms with Crippen molar-refractivity contribution in [1.29, 1.82) is 5.26 Å². The van der Waals surface area contributed by atoms with E-state index in [2.05, 4.69) is 23.3 Å². The van der Waals surface area contributed by atoms with Crippen LogP contribution in [0, 0.1) is 11.3 Å². The minimum absolute atomic E-state index is 0.00537. The van der Waals surface area contributed by atoms with Gasteiger partial charge in [-0.1, -0.05) is 12.1 Å². The summed E-state index contributed by atoms with van der Waals surface area (Å²) in [6.07, 6.45) is 1.29. The molecule has 0 spiro atoms. The van der Waals surface area contributed by atoms with Crippen molar-refractivity contribution in [1.82, 2.24) is 15.1 Å². The minimum Gasteiger partial charge on any atom is -0.380 e. The van der Waals surface area contributed by atoms with Gasteiger partial charge in [0.25, 0.3) is 0 Å². The van der Waals surface area contributed by atoms with Crippen LogP contribution in [0.1, 0.15) is 17.5 Å². The van der Waals surface area contributed by atoms with Crippen LogP contribution in [0.4, 0.5) is 0 Å². The van der Waals surface area contributed by atoms with Crippen LogP contribution in [0.2, 0.25) is 0 Å². The third kappa shape index (κ3) is 5.31. The summed E-state index contributed by atoms with van der Waals surface area (Å²) in [5.41, 5.74) is 1.61. The molecule has 2 atom stereocenters. The lowest BCUT2D eigenvalue weighted by molar-refractivity contribution is -0.122. The summed E-state index contributed by atoms with van der Waals surface area (Å²) in [6.45, 7) is 2.65. The Balaban J connectivity index is 1.72. The number of likely N-dealkylation sites (N-methyl/N-ethyl adjacent to an activating group) is 2. The van der Waals surface area contributed by atoms with Crippen molar-refractivity contribution in [2.45, 2.75) is 25.1 Å². The SMILES string of the molecule is CO[C@H]1C[C@@H](CN(C)CC(=O)NCc2ccc(C#N)cc2)N(C)C1. The summed E-state index contributed by atoms with van der Waals surface area (Å²) in [4.78, 5) is 16.4. The van der Waals surface area contributed by atoms with Crippen molar-refractivity contribution in [3.63, 3.8) is 0 Å². The fraction of sp³-hybridized carbons (Fsp3) is 0.556. The van der Waals surface area contributed by atoms with E-state index in [1.54, 1.807) is 19.2 Å². The summed E-state index contributed by atoms with van der Waals surface area (Å²) >= 11 is 0. The number of ether oxygens (including phenoxy) is 1. The van der Waals surface area contributed by atoms with Crippen molar-refractivity contribution in [2.24, 2.45) is 0 Å². The number of hydrogen-bond donors (Lipinski definition) is 1. The molecule has 130 valence electrons. The molecular weight excluding hydrogens is 304 g/mol. The van der Waals surface area contributed by atoms with Gasteiger partial charge in [0.05, 0.1) is 24.3 Å². The number of benzene rings is 1. The van der Waals surface area contributed by atoms with E-state index >= 15 is 0 Å². The first-order valence-electron chi connectivity index (χ1n) is 8.19. The smallest absolute Gasteiger partial charge is 0.234 e. The van der Waals surface area contributed by atoms with Gasteiger partial charge in [0.1, 0.15) is 0 Å². The van der Waals surface area contributed by atoms with Crippen LogP contribution < -0.4 is 5.32 Å². The Bertz CT molecular complexity index is 582. The van der Waals surface area contributed by atoms with Crippen molar-refractivity contribution < 1.29 is 9.53 Å². The average Bonchev–Trinajstić information content (AvgIpc) is 2.93. The molecular formula is C18H26N4O2. The van der Waals surface area contributed by atoms with E-state index < -0.39 is 0 Å². The van der Waals surface area contributed by atoms with Gasteiger partial charge >= 0.3 is 0 Å². The summed E-state index contributed by atoms with van der Waals surface area (Å²) < 4.78 is 5.42. The third-order valence-electron chi connectivity index (χ3n) is 4.49. The Labute approximate surface area is 144 Å². The lowest BCUT2D eigenvalue weighted by Gasteiger charge is -2.25. The highest BCUT2D eigenvalue weighted by Gasteiger charge is 2.30. The van der Waals surface area contributed by atoms with Crippen LogP contribution >= 0.6 is 0 Å². The maximum atomic E-state index is 12.1. The third-order valence-corrected chi connectivity index (χ3v) is 4.49. The van der Waals surface area contributed by atoms with E-state index in [1.165, 1.54) is 0 Å². The zero-order valence-electron chi connectivity index (χ0n) is 14.7. The van der Waals surface area contributed by atoms with Crippen LogP contribution in [-0.2, 0) is 16.1 Å². The number of nitrogens with zero attached hydrogens (tertiary/aromatic N) is 3. The number of rotatable bonds is 7. The second-order valence-electron chi connectivity index (χ2n) is 6.47. The van der Waals surface area contributed by atoms with Crippen LogP contribution in [0.5, 0.6) is 0 Å². The number of nitrogens with one attached hydrogen (secondary N) is 1. The molecule has 0 unspecified atom stereocenters. The molecule has 0 aliphatic carbocycles. The quantitative estimate of drug-likeness (QED) is 0.802. The Morgan fingerprint density at radius 2 is 2.17 bits per heavy atom. The van der Waals surface area contributed by atoms with Gasteiger partial charge in [-0.25, -0.2) is 0 Å². The van der Waals surface area contributed by atoms with Gasteiger partial charge in [0.2, 0.25) is 5.91 Å². The lowest BCUT2D eigenvalue weighted by Crippen LogP contribution is -2.41. The molecule has 2 rings (SSSR count). The fourth-order valence-electron chi connectivity index (χ4n) is 3.04. The number of carbonyl (C=O) groups is 1. The summed E-state index contributed by atoms with van der Waals surface area (Å²) in [5, 5.41) is 11.7. The van der Waals surface area contributed by atoms with Crippen LogP contribution in [-0.4, -0.2) is 68.7 Å². The Morgan fingerprint density at radius 3 is 2.75 bits per heavy atom. The summed E-state index contributed by atoms with van der Waals surface area (Å²) in [5.74, 6) is 0.00537. The predicted octanol–water partition coefficient (Wildman–Crippen LogP) is 0.825. The zero-order valence-corrected chi connectivity index (χ0v) is 14.7. The summed E-state index contributed by atoms with van der Waals surface area (Å²) in [7, 11) is 5.82. The minimum atomic E-state index is 0.00537.